The summed E-state index contributed by atoms with van der Waals surface area (Å²) in [6, 6.07) is -0.856. The minimum absolute atomic E-state index is 0.0568. The van der Waals surface area contributed by atoms with Gasteiger partial charge in [-0.05, 0) is 20.3 Å². The number of ether oxygens (including phenoxy) is 1. The molecule has 0 spiro atoms. The summed E-state index contributed by atoms with van der Waals surface area (Å²) >= 11 is 0. The second-order valence-corrected chi connectivity index (χ2v) is 3.64. The Hall–Kier alpha value is -1.14. The van der Waals surface area contributed by atoms with Crippen LogP contribution in [0.25, 0.3) is 0 Å². The minimum Gasteiger partial charge on any atom is -0.444 e. The van der Waals surface area contributed by atoms with Crippen molar-refractivity contribution in [3.05, 3.63) is 0 Å². The Morgan fingerprint density at radius 2 is 1.93 bits per heavy atom. The van der Waals surface area contributed by atoms with E-state index in [-0.39, 0.29) is 12.8 Å². The number of primary amides is 1. The molecular weight excluding hydrogens is 186 g/mol. The summed E-state index contributed by atoms with van der Waals surface area (Å²) in [5, 5.41) is 0. The molecule has 0 unspecified atom stereocenters. The Bertz CT molecular complexity index is 222. The number of carbonyl (C=O) groups is 2. The second-order valence-electron chi connectivity index (χ2n) is 3.64. The van der Waals surface area contributed by atoms with E-state index in [1.54, 1.807) is 0 Å². The van der Waals surface area contributed by atoms with E-state index in [0.29, 0.717) is 0 Å². The van der Waals surface area contributed by atoms with Gasteiger partial charge < -0.3 is 16.2 Å². The van der Waals surface area contributed by atoms with Crippen molar-refractivity contribution in [2.75, 3.05) is 0 Å². The summed E-state index contributed by atoms with van der Waals surface area (Å²) in [5.41, 5.74) is 14.7. The molecule has 0 heterocycles. The fourth-order valence-corrected chi connectivity index (χ4v) is 0.751. The van der Waals surface area contributed by atoms with Crippen LogP contribution in [-0.2, 0) is 14.3 Å². The van der Waals surface area contributed by atoms with E-state index in [1.165, 1.54) is 13.8 Å². The van der Waals surface area contributed by atoms with E-state index < -0.39 is 23.6 Å². The molecule has 0 aliphatic carbocycles. The zero-order valence-corrected chi connectivity index (χ0v) is 8.45. The van der Waals surface area contributed by atoms with Crippen molar-refractivity contribution in [2.24, 2.45) is 17.2 Å². The van der Waals surface area contributed by atoms with Gasteiger partial charge in [-0.2, -0.15) is 0 Å². The summed E-state index contributed by atoms with van der Waals surface area (Å²) in [6.07, 6.45) is 0.228. The molecule has 1 atom stereocenters. The van der Waals surface area contributed by atoms with Gasteiger partial charge in [-0.3, -0.25) is 15.3 Å². The number of hydrogen-bond acceptors (Lipinski definition) is 5. The average Bonchev–Trinajstić information content (AvgIpc) is 1.96. The van der Waals surface area contributed by atoms with Crippen LogP contribution < -0.4 is 17.2 Å². The van der Waals surface area contributed by atoms with Crippen molar-refractivity contribution in [2.45, 2.75) is 38.5 Å². The Morgan fingerprint density at radius 1 is 1.43 bits per heavy atom. The van der Waals surface area contributed by atoms with E-state index in [4.69, 9.17) is 21.9 Å². The Morgan fingerprint density at radius 3 is 2.29 bits per heavy atom. The van der Waals surface area contributed by atoms with Gasteiger partial charge in [-0.1, -0.05) is 0 Å². The highest BCUT2D eigenvalue weighted by atomic mass is 16.6. The molecule has 0 saturated carbocycles. The molecule has 0 radical (unpaired) electrons. The predicted molar refractivity (Wildman–Crippen MR) is 50.8 cm³/mol. The van der Waals surface area contributed by atoms with Crippen LogP contribution in [0.5, 0.6) is 0 Å². The number of carbonyl (C=O) groups excluding carboxylic acids is 2. The maximum absolute atomic E-state index is 11.2. The molecular formula is C8H17N3O3. The van der Waals surface area contributed by atoms with Crippen LogP contribution in [0, 0.1) is 0 Å². The zero-order valence-electron chi connectivity index (χ0n) is 8.45. The van der Waals surface area contributed by atoms with E-state index in [9.17, 15) is 9.59 Å². The Labute approximate surface area is 82.8 Å². The summed E-state index contributed by atoms with van der Waals surface area (Å²) < 4.78 is 4.79. The molecule has 0 saturated heterocycles. The molecule has 0 fully saturated rings. The van der Waals surface area contributed by atoms with Gasteiger partial charge in [-0.25, -0.2) is 0 Å². The van der Waals surface area contributed by atoms with Crippen LogP contribution >= 0.6 is 0 Å². The highest BCUT2D eigenvalue weighted by Crippen LogP contribution is 2.04. The molecule has 6 heteroatoms. The highest BCUT2D eigenvalue weighted by molar-refractivity contribution is 5.78. The van der Waals surface area contributed by atoms with Crippen LogP contribution in [0.1, 0.15) is 26.7 Å². The number of amides is 1. The van der Waals surface area contributed by atoms with Crippen LogP contribution in [0.4, 0.5) is 0 Å². The van der Waals surface area contributed by atoms with Crippen molar-refractivity contribution in [1.82, 2.24) is 0 Å². The van der Waals surface area contributed by atoms with Crippen molar-refractivity contribution < 1.29 is 14.3 Å². The van der Waals surface area contributed by atoms with Gasteiger partial charge in [-0.15, -0.1) is 0 Å². The maximum Gasteiger partial charge on any atom is 0.324 e. The molecule has 0 aromatic rings. The number of esters is 1. The third kappa shape index (κ3) is 6.38. The lowest BCUT2D eigenvalue weighted by molar-refractivity contribution is -0.157. The first-order valence-electron chi connectivity index (χ1n) is 4.28. The second kappa shape index (κ2) is 4.92. The van der Waals surface area contributed by atoms with Gasteiger partial charge in [0.2, 0.25) is 5.91 Å². The van der Waals surface area contributed by atoms with Crippen molar-refractivity contribution >= 4 is 11.9 Å². The normalized spacial score (nSPS) is 13.4. The quantitative estimate of drug-likeness (QED) is 0.383. The van der Waals surface area contributed by atoms with Crippen LogP contribution in [0.15, 0.2) is 0 Å². The molecule has 6 N–H and O–H groups in total. The molecule has 14 heavy (non-hydrogen) atoms. The standard InChI is InChI=1S/C8H17N3O3/c1-8(2,11)14-7(13)5(9)3-4-6(10)12/h5H,3-4,9,11H2,1-2H3,(H2,10,12)/t5-/m0/s1. The van der Waals surface area contributed by atoms with Gasteiger partial charge in [0.05, 0.1) is 0 Å². The predicted octanol–water partition coefficient (Wildman–Crippen LogP) is -1.18. The van der Waals surface area contributed by atoms with Gasteiger partial charge in [0.25, 0.3) is 0 Å². The summed E-state index contributed by atoms with van der Waals surface area (Å²) in [4.78, 5) is 21.6. The average molecular weight is 203 g/mol. The van der Waals surface area contributed by atoms with E-state index in [1.807, 2.05) is 0 Å². The summed E-state index contributed by atoms with van der Waals surface area (Å²) in [6.45, 7) is 3.07. The SMILES string of the molecule is CC(C)(N)OC(=O)[C@@H](N)CCC(N)=O. The number of hydrogen-bond donors (Lipinski definition) is 3. The van der Waals surface area contributed by atoms with E-state index in [2.05, 4.69) is 0 Å². The first-order valence-corrected chi connectivity index (χ1v) is 4.28. The molecule has 0 rings (SSSR count). The topological polar surface area (TPSA) is 121 Å². The monoisotopic (exact) mass is 203 g/mol. The first kappa shape index (κ1) is 12.9. The van der Waals surface area contributed by atoms with E-state index in [0.717, 1.165) is 0 Å². The number of rotatable bonds is 5. The lowest BCUT2D eigenvalue weighted by Crippen LogP contribution is -2.43. The van der Waals surface area contributed by atoms with Gasteiger partial charge in [0.15, 0.2) is 5.72 Å². The molecule has 0 aliphatic heterocycles. The van der Waals surface area contributed by atoms with E-state index >= 15 is 0 Å². The summed E-state index contributed by atoms with van der Waals surface area (Å²) in [5.74, 6) is -1.13. The molecule has 0 aromatic carbocycles. The highest BCUT2D eigenvalue weighted by Gasteiger charge is 2.22. The van der Waals surface area contributed by atoms with Gasteiger partial charge in [0, 0.05) is 6.42 Å². The maximum atomic E-state index is 11.2. The van der Waals surface area contributed by atoms with Crippen molar-refractivity contribution in [3.63, 3.8) is 0 Å². The molecule has 0 aliphatic rings. The molecule has 1 amide bonds. The van der Waals surface area contributed by atoms with Crippen molar-refractivity contribution in [3.8, 4) is 0 Å². The molecule has 82 valence electrons. The molecule has 6 nitrogen and oxygen atoms in total. The molecule has 0 aromatic heterocycles. The zero-order chi connectivity index (χ0) is 11.4. The lowest BCUT2D eigenvalue weighted by Gasteiger charge is -2.21. The molecule has 0 bridgehead atoms. The van der Waals surface area contributed by atoms with Crippen molar-refractivity contribution in [1.29, 1.82) is 0 Å². The first-order chi connectivity index (χ1) is 6.22. The van der Waals surface area contributed by atoms with Crippen LogP contribution in [0.3, 0.4) is 0 Å². The van der Waals surface area contributed by atoms with Crippen LogP contribution in [0.2, 0.25) is 0 Å². The van der Waals surface area contributed by atoms with Gasteiger partial charge in [0.1, 0.15) is 6.04 Å². The third-order valence-corrected chi connectivity index (χ3v) is 1.37. The Kier molecular flexibility index (Phi) is 4.52. The lowest BCUT2D eigenvalue weighted by atomic mass is 10.1. The number of nitrogens with two attached hydrogens (primary N) is 3. The fraction of sp³-hybridized carbons (Fsp3) is 0.750. The third-order valence-electron chi connectivity index (χ3n) is 1.37. The smallest absolute Gasteiger partial charge is 0.324 e. The van der Waals surface area contributed by atoms with Gasteiger partial charge >= 0.3 is 5.97 Å². The largest absolute Gasteiger partial charge is 0.444 e. The summed E-state index contributed by atoms with van der Waals surface area (Å²) in [7, 11) is 0. The minimum atomic E-state index is -1.05. The Balaban J connectivity index is 3.94. The fourth-order valence-electron chi connectivity index (χ4n) is 0.751. The van der Waals surface area contributed by atoms with Crippen LogP contribution in [-0.4, -0.2) is 23.6 Å².